The first-order chi connectivity index (χ1) is 8.41. The molecule has 2 N–H and O–H groups in total. The lowest BCUT2D eigenvalue weighted by atomic mass is 10.1. The third-order valence-electron chi connectivity index (χ3n) is 2.76. The molecule has 1 heterocycles. The summed E-state index contributed by atoms with van der Waals surface area (Å²) in [4.78, 5) is 18.8. The standard InChI is InChI=1S/C12H21N3O2S/c1-8(13-6-5-7-18(4)17)11-9(2)14-10(3)15-12(11)16/h8,13H,5-7H2,1-4H3,(H,14,15,16). The Bertz CT molecular complexity index is 485. The topological polar surface area (TPSA) is 74.8 Å². The maximum Gasteiger partial charge on any atom is 0.255 e. The fraction of sp³-hybridized carbons (Fsp3) is 0.667. The SMILES string of the molecule is Cc1nc(C)c(C(C)NCCCS(C)=O)c(=O)[nH]1. The van der Waals surface area contributed by atoms with E-state index in [1.54, 1.807) is 13.2 Å². The summed E-state index contributed by atoms with van der Waals surface area (Å²) in [5.41, 5.74) is 1.35. The molecule has 5 nitrogen and oxygen atoms in total. The van der Waals surface area contributed by atoms with Crippen LogP contribution >= 0.6 is 0 Å². The summed E-state index contributed by atoms with van der Waals surface area (Å²) in [7, 11) is -0.757. The normalized spacial score (nSPS) is 14.4. The number of rotatable bonds is 6. The second-order valence-corrected chi connectivity index (χ2v) is 6.01. The Hall–Kier alpha value is -1.01. The van der Waals surface area contributed by atoms with Crippen LogP contribution in [0.5, 0.6) is 0 Å². The fourth-order valence-electron chi connectivity index (χ4n) is 1.94. The van der Waals surface area contributed by atoms with Gasteiger partial charge in [0.05, 0.1) is 5.56 Å². The van der Waals surface area contributed by atoms with Crippen LogP contribution in [0, 0.1) is 13.8 Å². The largest absolute Gasteiger partial charge is 0.310 e. The Morgan fingerprint density at radius 2 is 2.11 bits per heavy atom. The molecular formula is C12H21N3O2S. The Morgan fingerprint density at radius 1 is 1.44 bits per heavy atom. The van der Waals surface area contributed by atoms with Crippen LogP contribution in [0.15, 0.2) is 4.79 Å². The van der Waals surface area contributed by atoms with Crippen molar-refractivity contribution < 1.29 is 4.21 Å². The lowest BCUT2D eigenvalue weighted by Crippen LogP contribution is -2.29. The van der Waals surface area contributed by atoms with Gasteiger partial charge in [0, 0.05) is 34.5 Å². The smallest absolute Gasteiger partial charge is 0.255 e. The van der Waals surface area contributed by atoms with E-state index in [1.807, 2.05) is 13.8 Å². The number of hydrogen-bond donors (Lipinski definition) is 2. The molecule has 2 unspecified atom stereocenters. The van der Waals surface area contributed by atoms with Gasteiger partial charge >= 0.3 is 0 Å². The molecule has 0 fully saturated rings. The number of aromatic amines is 1. The minimum Gasteiger partial charge on any atom is -0.310 e. The lowest BCUT2D eigenvalue weighted by Gasteiger charge is -2.15. The molecule has 18 heavy (non-hydrogen) atoms. The van der Waals surface area contributed by atoms with Crippen molar-refractivity contribution in [2.75, 3.05) is 18.6 Å². The van der Waals surface area contributed by atoms with E-state index >= 15 is 0 Å². The van der Waals surface area contributed by atoms with E-state index in [9.17, 15) is 9.00 Å². The highest BCUT2D eigenvalue weighted by atomic mass is 32.2. The number of aryl methyl sites for hydroxylation is 2. The Morgan fingerprint density at radius 3 is 2.67 bits per heavy atom. The molecule has 1 rings (SSSR count). The summed E-state index contributed by atoms with van der Waals surface area (Å²) in [6.07, 6.45) is 2.53. The molecule has 1 aromatic heterocycles. The van der Waals surface area contributed by atoms with Crippen LogP contribution in [-0.4, -0.2) is 32.7 Å². The van der Waals surface area contributed by atoms with E-state index in [2.05, 4.69) is 15.3 Å². The fourth-order valence-corrected chi connectivity index (χ4v) is 2.49. The van der Waals surface area contributed by atoms with Gasteiger partial charge in [0.2, 0.25) is 0 Å². The second kappa shape index (κ2) is 6.80. The highest BCUT2D eigenvalue weighted by Crippen LogP contribution is 2.10. The monoisotopic (exact) mass is 271 g/mol. The average molecular weight is 271 g/mol. The molecule has 0 radical (unpaired) electrons. The van der Waals surface area contributed by atoms with Gasteiger partial charge in [0.1, 0.15) is 5.82 Å². The highest BCUT2D eigenvalue weighted by Gasteiger charge is 2.13. The number of aromatic nitrogens is 2. The lowest BCUT2D eigenvalue weighted by molar-refractivity contribution is 0.559. The number of H-pyrrole nitrogens is 1. The Balaban J connectivity index is 2.64. The first kappa shape index (κ1) is 15.0. The minimum atomic E-state index is -0.757. The van der Waals surface area contributed by atoms with Crippen LogP contribution < -0.4 is 10.9 Å². The van der Waals surface area contributed by atoms with E-state index in [1.165, 1.54) is 0 Å². The van der Waals surface area contributed by atoms with Gasteiger partial charge in [-0.2, -0.15) is 0 Å². The van der Waals surface area contributed by atoms with Crippen LogP contribution in [0.3, 0.4) is 0 Å². The number of nitrogens with zero attached hydrogens (tertiary/aromatic N) is 1. The van der Waals surface area contributed by atoms with Crippen molar-refractivity contribution in [2.45, 2.75) is 33.2 Å². The van der Waals surface area contributed by atoms with Gasteiger partial charge in [0.15, 0.2) is 0 Å². The van der Waals surface area contributed by atoms with E-state index in [4.69, 9.17) is 0 Å². The first-order valence-corrected chi connectivity index (χ1v) is 7.75. The van der Waals surface area contributed by atoms with Crippen molar-refractivity contribution >= 4 is 10.8 Å². The van der Waals surface area contributed by atoms with Crippen molar-refractivity contribution in [1.82, 2.24) is 15.3 Å². The van der Waals surface area contributed by atoms with Crippen molar-refractivity contribution in [3.8, 4) is 0 Å². The zero-order chi connectivity index (χ0) is 13.7. The van der Waals surface area contributed by atoms with Crippen LogP contribution in [0.2, 0.25) is 0 Å². The predicted octanol–water partition coefficient (Wildman–Crippen LogP) is 0.806. The van der Waals surface area contributed by atoms with Crippen LogP contribution in [-0.2, 0) is 10.8 Å². The van der Waals surface area contributed by atoms with Gasteiger partial charge in [-0.3, -0.25) is 9.00 Å². The van der Waals surface area contributed by atoms with E-state index in [-0.39, 0.29) is 11.6 Å². The first-order valence-electron chi connectivity index (χ1n) is 6.02. The van der Waals surface area contributed by atoms with Gasteiger partial charge in [-0.05, 0) is 33.7 Å². The van der Waals surface area contributed by atoms with Gasteiger partial charge in [0.25, 0.3) is 5.56 Å². The summed E-state index contributed by atoms with van der Waals surface area (Å²) in [5, 5.41) is 3.26. The third kappa shape index (κ3) is 4.34. The summed E-state index contributed by atoms with van der Waals surface area (Å²) in [5.74, 6) is 1.32. The summed E-state index contributed by atoms with van der Waals surface area (Å²) in [6.45, 7) is 6.30. The second-order valence-electron chi connectivity index (χ2n) is 4.46. The molecule has 0 saturated heterocycles. The van der Waals surface area contributed by atoms with Crippen molar-refractivity contribution in [1.29, 1.82) is 0 Å². The molecule has 0 bridgehead atoms. The van der Waals surface area contributed by atoms with Crippen LogP contribution in [0.1, 0.15) is 36.5 Å². The molecule has 1 aromatic rings. The van der Waals surface area contributed by atoms with E-state index in [0.717, 1.165) is 18.7 Å². The molecule has 0 aromatic carbocycles. The molecular weight excluding hydrogens is 250 g/mol. The molecule has 6 heteroatoms. The molecule has 0 aliphatic heterocycles. The van der Waals surface area contributed by atoms with Crippen LogP contribution in [0.4, 0.5) is 0 Å². The third-order valence-corrected chi connectivity index (χ3v) is 3.62. The van der Waals surface area contributed by atoms with Gasteiger partial charge in [-0.15, -0.1) is 0 Å². The summed E-state index contributed by atoms with van der Waals surface area (Å²) >= 11 is 0. The Kier molecular flexibility index (Phi) is 5.68. The molecule has 2 atom stereocenters. The Labute approximate surface area is 110 Å². The quantitative estimate of drug-likeness (QED) is 0.751. The van der Waals surface area contributed by atoms with Gasteiger partial charge < -0.3 is 10.3 Å². The van der Waals surface area contributed by atoms with Crippen molar-refractivity contribution in [3.05, 3.63) is 27.4 Å². The van der Waals surface area contributed by atoms with E-state index in [0.29, 0.717) is 17.1 Å². The summed E-state index contributed by atoms with van der Waals surface area (Å²) in [6, 6.07) is -0.0489. The molecule has 0 aliphatic rings. The molecule has 0 aliphatic carbocycles. The van der Waals surface area contributed by atoms with E-state index < -0.39 is 10.8 Å². The van der Waals surface area contributed by atoms with Crippen LogP contribution in [0.25, 0.3) is 0 Å². The van der Waals surface area contributed by atoms with Crippen molar-refractivity contribution in [3.63, 3.8) is 0 Å². The maximum atomic E-state index is 11.9. The zero-order valence-electron chi connectivity index (χ0n) is 11.4. The number of nitrogens with one attached hydrogen (secondary N) is 2. The van der Waals surface area contributed by atoms with Gasteiger partial charge in [-0.1, -0.05) is 0 Å². The predicted molar refractivity (Wildman–Crippen MR) is 74.3 cm³/mol. The zero-order valence-corrected chi connectivity index (χ0v) is 12.2. The number of hydrogen-bond acceptors (Lipinski definition) is 4. The molecule has 0 spiro atoms. The van der Waals surface area contributed by atoms with Crippen molar-refractivity contribution in [2.24, 2.45) is 0 Å². The van der Waals surface area contributed by atoms with Gasteiger partial charge in [-0.25, -0.2) is 4.98 Å². The average Bonchev–Trinajstić information content (AvgIpc) is 2.22. The molecule has 0 saturated carbocycles. The molecule has 102 valence electrons. The molecule has 0 amide bonds. The minimum absolute atomic E-state index is 0.0489. The maximum absolute atomic E-state index is 11.9. The highest BCUT2D eigenvalue weighted by molar-refractivity contribution is 7.84. The summed E-state index contributed by atoms with van der Waals surface area (Å²) < 4.78 is 10.9.